The lowest BCUT2D eigenvalue weighted by Gasteiger charge is -1.99. The molecule has 0 aliphatic rings. The van der Waals surface area contributed by atoms with Crippen LogP contribution >= 0.6 is 0 Å². The van der Waals surface area contributed by atoms with E-state index in [1.54, 1.807) is 0 Å². The third-order valence-corrected chi connectivity index (χ3v) is 7.20. The number of nitrogens with zero attached hydrogens (tertiary/aromatic N) is 2. The molecular formula is C17H14N2O8S2. The Hall–Kier alpha value is -3.38. The van der Waals surface area contributed by atoms with Crippen molar-refractivity contribution in [1.82, 2.24) is 0 Å². The number of nitro groups is 2. The van der Waals surface area contributed by atoms with Gasteiger partial charge in [-0.15, -0.1) is 0 Å². The molecule has 12 heteroatoms. The molecule has 29 heavy (non-hydrogen) atoms. The average molecular weight is 438 g/mol. The zero-order valence-electron chi connectivity index (χ0n) is 14.6. The van der Waals surface area contributed by atoms with Crippen LogP contribution in [0.15, 0.2) is 59.3 Å². The summed E-state index contributed by atoms with van der Waals surface area (Å²) in [6, 6.07) is 10.1. The zero-order chi connectivity index (χ0) is 21.7. The van der Waals surface area contributed by atoms with Gasteiger partial charge in [0.2, 0.25) is 0 Å². The highest BCUT2D eigenvalue weighted by molar-refractivity contribution is 8.10. The zero-order valence-corrected chi connectivity index (χ0v) is 16.2. The Balaban J connectivity index is 2.09. The number of rotatable bonds is 8. The fourth-order valence-electron chi connectivity index (χ4n) is 2.09. The Labute approximate surface area is 165 Å². The van der Waals surface area contributed by atoms with E-state index in [0.29, 0.717) is 21.9 Å². The number of nitro benzene ring substituents is 2. The van der Waals surface area contributed by atoms with E-state index < -0.39 is 34.6 Å². The Bertz CT molecular complexity index is 1090. The second-order valence-electron chi connectivity index (χ2n) is 5.75. The predicted molar refractivity (Wildman–Crippen MR) is 107 cm³/mol. The van der Waals surface area contributed by atoms with Gasteiger partial charge in [0.15, 0.2) is 24.8 Å². The van der Waals surface area contributed by atoms with Gasteiger partial charge in [0.05, 0.1) is 9.85 Å². The van der Waals surface area contributed by atoms with Gasteiger partial charge in [0.1, 0.15) is 0 Å². The topological polar surface area (TPSA) is 155 Å². The maximum absolute atomic E-state index is 12.0. The summed E-state index contributed by atoms with van der Waals surface area (Å²) in [5.74, 6) is 0. The van der Waals surface area contributed by atoms with Gasteiger partial charge in [-0.05, 0) is 47.5 Å². The van der Waals surface area contributed by atoms with Crippen molar-refractivity contribution >= 4 is 43.2 Å². The molecular weight excluding hydrogens is 424 g/mol. The fraction of sp³-hybridized carbons (Fsp3) is 0.0588. The Morgan fingerprint density at radius 1 is 0.655 bits per heavy atom. The summed E-state index contributed by atoms with van der Waals surface area (Å²) in [6.07, 6.45) is 2.27. The first-order chi connectivity index (χ1) is 13.5. The molecule has 0 saturated heterocycles. The van der Waals surface area contributed by atoms with Crippen molar-refractivity contribution in [3.8, 4) is 0 Å². The summed E-state index contributed by atoms with van der Waals surface area (Å²) in [6.45, 7) is 0. The second kappa shape index (κ2) is 8.75. The SMILES string of the molecule is O=[N+]([O-])c1ccc(C=CS(=O)(=O)CS(=O)(=O)C=Cc2ccc([N+](=O)[O-])cc2)cc1. The van der Waals surface area contributed by atoms with E-state index >= 15 is 0 Å². The molecule has 152 valence electrons. The minimum absolute atomic E-state index is 0.163. The van der Waals surface area contributed by atoms with Crippen LogP contribution in [-0.2, 0) is 19.7 Å². The van der Waals surface area contributed by atoms with Crippen LogP contribution in [0.4, 0.5) is 11.4 Å². The lowest BCUT2D eigenvalue weighted by molar-refractivity contribution is -0.385. The van der Waals surface area contributed by atoms with Crippen molar-refractivity contribution in [3.63, 3.8) is 0 Å². The lowest BCUT2D eigenvalue weighted by atomic mass is 10.2. The van der Waals surface area contributed by atoms with Crippen molar-refractivity contribution in [1.29, 1.82) is 0 Å². The molecule has 0 aliphatic carbocycles. The second-order valence-corrected chi connectivity index (χ2v) is 9.88. The Morgan fingerprint density at radius 2 is 0.966 bits per heavy atom. The standard InChI is InChI=1S/C17H14N2O8S2/c20-18(21)16-5-1-14(2-6-16)9-11-28(24,25)13-29(26,27)12-10-15-3-7-17(8-4-15)19(22)23/h1-12H,13H2. The summed E-state index contributed by atoms with van der Waals surface area (Å²) < 4.78 is 48.2. The molecule has 0 N–H and O–H groups in total. The van der Waals surface area contributed by atoms with E-state index in [0.717, 1.165) is 12.2 Å². The molecule has 0 radical (unpaired) electrons. The van der Waals surface area contributed by atoms with Gasteiger partial charge in [-0.3, -0.25) is 20.2 Å². The minimum atomic E-state index is -4.13. The third-order valence-electron chi connectivity index (χ3n) is 3.47. The number of benzene rings is 2. The maximum atomic E-state index is 12.0. The van der Waals surface area contributed by atoms with E-state index in [1.807, 2.05) is 0 Å². The van der Waals surface area contributed by atoms with Crippen LogP contribution in [0, 0.1) is 20.2 Å². The van der Waals surface area contributed by atoms with E-state index in [2.05, 4.69) is 0 Å². The van der Waals surface area contributed by atoms with Gasteiger partial charge < -0.3 is 0 Å². The molecule has 0 aromatic heterocycles. The van der Waals surface area contributed by atoms with Crippen LogP contribution in [0.2, 0.25) is 0 Å². The van der Waals surface area contributed by atoms with Crippen LogP contribution in [0.3, 0.4) is 0 Å². The minimum Gasteiger partial charge on any atom is -0.258 e. The number of non-ortho nitro benzene ring substituents is 2. The van der Waals surface area contributed by atoms with Gasteiger partial charge in [-0.25, -0.2) is 16.8 Å². The summed E-state index contributed by atoms with van der Waals surface area (Å²) in [5.41, 5.74) is 0.365. The number of hydrogen-bond donors (Lipinski definition) is 0. The fourth-order valence-corrected chi connectivity index (χ4v) is 5.28. The predicted octanol–water partition coefficient (Wildman–Crippen LogP) is 2.93. The molecule has 0 saturated carbocycles. The van der Waals surface area contributed by atoms with Gasteiger partial charge in [-0.2, -0.15) is 0 Å². The molecule has 2 aromatic carbocycles. The average Bonchev–Trinajstić information content (AvgIpc) is 2.65. The van der Waals surface area contributed by atoms with Crippen molar-refractivity contribution < 1.29 is 26.7 Å². The van der Waals surface area contributed by atoms with Crippen molar-refractivity contribution in [3.05, 3.63) is 90.7 Å². The molecule has 0 amide bonds. The van der Waals surface area contributed by atoms with E-state index in [4.69, 9.17) is 0 Å². The Kier molecular flexibility index (Phi) is 6.61. The molecule has 10 nitrogen and oxygen atoms in total. The van der Waals surface area contributed by atoms with Crippen molar-refractivity contribution in [2.75, 3.05) is 5.08 Å². The molecule has 2 aromatic rings. The van der Waals surface area contributed by atoms with Crippen LogP contribution in [0.5, 0.6) is 0 Å². The molecule has 2 rings (SSSR count). The van der Waals surface area contributed by atoms with Crippen molar-refractivity contribution in [2.45, 2.75) is 0 Å². The first-order valence-corrected chi connectivity index (χ1v) is 11.2. The number of hydrogen-bond acceptors (Lipinski definition) is 8. The monoisotopic (exact) mass is 438 g/mol. The maximum Gasteiger partial charge on any atom is 0.269 e. The van der Waals surface area contributed by atoms with E-state index in [-0.39, 0.29) is 11.4 Å². The summed E-state index contributed by atoms with van der Waals surface area (Å²) in [4.78, 5) is 20.0. The normalized spacial score (nSPS) is 12.4. The number of sulfone groups is 2. The molecule has 0 spiro atoms. The molecule has 0 aliphatic heterocycles. The molecule has 0 bridgehead atoms. The van der Waals surface area contributed by atoms with Crippen LogP contribution in [0.25, 0.3) is 12.2 Å². The molecule has 0 unspecified atom stereocenters. The lowest BCUT2D eigenvalue weighted by Crippen LogP contribution is -2.11. The summed E-state index contributed by atoms with van der Waals surface area (Å²) in [7, 11) is -8.26. The van der Waals surface area contributed by atoms with Gasteiger partial charge in [-0.1, -0.05) is 0 Å². The highest BCUT2D eigenvalue weighted by atomic mass is 32.3. The van der Waals surface area contributed by atoms with E-state index in [9.17, 15) is 37.1 Å². The van der Waals surface area contributed by atoms with Crippen molar-refractivity contribution in [2.24, 2.45) is 0 Å². The van der Waals surface area contributed by atoms with Crippen LogP contribution in [-0.4, -0.2) is 31.8 Å². The summed E-state index contributed by atoms with van der Waals surface area (Å²) >= 11 is 0. The third kappa shape index (κ3) is 6.93. The quantitative estimate of drug-likeness (QED) is 0.450. The van der Waals surface area contributed by atoms with Gasteiger partial charge in [0.25, 0.3) is 11.4 Å². The first kappa shape index (κ1) is 21.9. The Morgan fingerprint density at radius 3 is 1.24 bits per heavy atom. The molecule has 0 atom stereocenters. The smallest absolute Gasteiger partial charge is 0.258 e. The highest BCUT2D eigenvalue weighted by Crippen LogP contribution is 2.15. The van der Waals surface area contributed by atoms with Crippen LogP contribution in [0.1, 0.15) is 11.1 Å². The van der Waals surface area contributed by atoms with Gasteiger partial charge >= 0.3 is 0 Å². The molecule has 0 heterocycles. The van der Waals surface area contributed by atoms with Gasteiger partial charge in [0, 0.05) is 35.1 Å². The highest BCUT2D eigenvalue weighted by Gasteiger charge is 2.17. The van der Waals surface area contributed by atoms with Crippen LogP contribution < -0.4 is 0 Å². The summed E-state index contributed by atoms with van der Waals surface area (Å²) in [5, 5.41) is 21.4. The van der Waals surface area contributed by atoms with E-state index in [1.165, 1.54) is 48.5 Å². The molecule has 0 fully saturated rings. The first-order valence-electron chi connectivity index (χ1n) is 7.78. The largest absolute Gasteiger partial charge is 0.269 e.